The first-order valence-corrected chi connectivity index (χ1v) is 12.5. The molecule has 4 rings (SSSR count). The number of nitrogens with one attached hydrogen (secondary N) is 1. The van der Waals surface area contributed by atoms with Crippen molar-refractivity contribution in [1.82, 2.24) is 14.8 Å². The van der Waals surface area contributed by atoms with Crippen LogP contribution in [0.2, 0.25) is 10.0 Å². The molecule has 1 saturated carbocycles. The summed E-state index contributed by atoms with van der Waals surface area (Å²) >= 11 is 13.3. The van der Waals surface area contributed by atoms with E-state index >= 15 is 0 Å². The maximum Gasteiger partial charge on any atom is 0.416 e. The lowest BCUT2D eigenvalue weighted by atomic mass is 9.88. The number of amides is 1. The summed E-state index contributed by atoms with van der Waals surface area (Å²) in [6.45, 7) is 0. The second kappa shape index (κ2) is 10.6. The number of benzene rings is 2. The van der Waals surface area contributed by atoms with Crippen LogP contribution in [0.1, 0.15) is 49.4 Å². The summed E-state index contributed by atoms with van der Waals surface area (Å²) < 4.78 is 40.9. The molecule has 180 valence electrons. The van der Waals surface area contributed by atoms with Crippen LogP contribution in [0.5, 0.6) is 0 Å². The number of carbonyl (C=O) groups is 1. The Morgan fingerprint density at radius 2 is 1.85 bits per heavy atom. The van der Waals surface area contributed by atoms with E-state index in [4.69, 9.17) is 23.2 Å². The molecule has 2 aromatic carbocycles. The number of aromatic nitrogens is 3. The first-order chi connectivity index (χ1) is 16.2. The van der Waals surface area contributed by atoms with Crippen molar-refractivity contribution in [3.05, 3.63) is 63.9 Å². The Hall–Kier alpha value is -2.23. The minimum absolute atomic E-state index is 0.0213. The van der Waals surface area contributed by atoms with Gasteiger partial charge in [-0.1, -0.05) is 60.3 Å². The zero-order chi connectivity index (χ0) is 24.3. The number of thioether (sulfide) groups is 1. The van der Waals surface area contributed by atoms with Crippen molar-refractivity contribution in [1.29, 1.82) is 0 Å². The molecule has 1 aliphatic carbocycles. The van der Waals surface area contributed by atoms with Gasteiger partial charge in [0.1, 0.15) is 5.82 Å². The van der Waals surface area contributed by atoms with E-state index in [9.17, 15) is 18.0 Å². The molecule has 0 bridgehead atoms. The molecule has 1 fully saturated rings. The van der Waals surface area contributed by atoms with E-state index in [1.807, 2.05) is 22.8 Å². The van der Waals surface area contributed by atoms with Crippen LogP contribution in [-0.2, 0) is 11.0 Å². The quantitative estimate of drug-likeness (QED) is 0.339. The van der Waals surface area contributed by atoms with Gasteiger partial charge in [-0.3, -0.25) is 9.36 Å². The Bertz CT molecular complexity index is 1180. The Labute approximate surface area is 209 Å². The first-order valence-electron chi connectivity index (χ1n) is 10.7. The smallest absolute Gasteiger partial charge is 0.324 e. The van der Waals surface area contributed by atoms with Crippen molar-refractivity contribution < 1.29 is 18.0 Å². The van der Waals surface area contributed by atoms with Crippen molar-refractivity contribution in [3.63, 3.8) is 0 Å². The summed E-state index contributed by atoms with van der Waals surface area (Å²) in [5.74, 6) is 0.486. The third-order valence-electron chi connectivity index (χ3n) is 5.60. The highest BCUT2D eigenvalue weighted by molar-refractivity contribution is 7.99. The van der Waals surface area contributed by atoms with Crippen LogP contribution in [0.3, 0.4) is 0 Å². The molecule has 34 heavy (non-hydrogen) atoms. The lowest BCUT2D eigenvalue weighted by Crippen LogP contribution is -2.16. The summed E-state index contributed by atoms with van der Waals surface area (Å²) in [5.41, 5.74) is -0.194. The van der Waals surface area contributed by atoms with Crippen LogP contribution >= 0.6 is 35.0 Å². The average molecular weight is 529 g/mol. The van der Waals surface area contributed by atoms with Gasteiger partial charge in [-0.2, -0.15) is 13.2 Å². The van der Waals surface area contributed by atoms with E-state index < -0.39 is 17.6 Å². The molecule has 0 atom stereocenters. The SMILES string of the molecule is O=C(CSc1nnc(C2CCCCC2)n1-c1cccc(Cl)c1)Nc1cc(C(F)(F)F)ccc1Cl. The van der Waals surface area contributed by atoms with Crippen LogP contribution in [0.15, 0.2) is 47.6 Å². The summed E-state index contributed by atoms with van der Waals surface area (Å²) in [5, 5.41) is 12.3. The Balaban J connectivity index is 1.54. The van der Waals surface area contributed by atoms with Gasteiger partial charge in [0, 0.05) is 10.9 Å². The molecular formula is C23H21Cl2F3N4OS. The lowest BCUT2D eigenvalue weighted by Gasteiger charge is -2.22. The van der Waals surface area contributed by atoms with E-state index in [1.54, 1.807) is 6.07 Å². The van der Waals surface area contributed by atoms with Gasteiger partial charge in [-0.25, -0.2) is 0 Å². The molecular weight excluding hydrogens is 508 g/mol. The van der Waals surface area contributed by atoms with Crippen molar-refractivity contribution in [2.45, 2.75) is 49.4 Å². The number of carbonyl (C=O) groups excluding carboxylic acids is 1. The van der Waals surface area contributed by atoms with E-state index in [2.05, 4.69) is 15.5 Å². The number of alkyl halides is 3. The lowest BCUT2D eigenvalue weighted by molar-refractivity contribution is -0.137. The average Bonchev–Trinajstić information content (AvgIpc) is 3.23. The van der Waals surface area contributed by atoms with E-state index in [-0.39, 0.29) is 22.4 Å². The van der Waals surface area contributed by atoms with Crippen molar-refractivity contribution in [3.8, 4) is 5.69 Å². The highest BCUT2D eigenvalue weighted by atomic mass is 35.5. The molecule has 11 heteroatoms. The molecule has 3 aromatic rings. The Kier molecular flexibility index (Phi) is 7.74. The van der Waals surface area contributed by atoms with Crippen molar-refractivity contribution >= 4 is 46.6 Å². The predicted molar refractivity (Wildman–Crippen MR) is 128 cm³/mol. The van der Waals surface area contributed by atoms with E-state index in [0.29, 0.717) is 10.2 Å². The number of halogens is 5. The van der Waals surface area contributed by atoms with E-state index in [1.165, 1.54) is 6.42 Å². The van der Waals surface area contributed by atoms with Crippen LogP contribution in [0.4, 0.5) is 18.9 Å². The normalized spacial score (nSPS) is 14.9. The number of anilines is 1. The van der Waals surface area contributed by atoms with Crippen LogP contribution in [-0.4, -0.2) is 26.4 Å². The topological polar surface area (TPSA) is 59.8 Å². The molecule has 1 amide bonds. The molecule has 0 spiro atoms. The monoisotopic (exact) mass is 528 g/mol. The molecule has 5 nitrogen and oxygen atoms in total. The summed E-state index contributed by atoms with van der Waals surface area (Å²) in [7, 11) is 0. The third kappa shape index (κ3) is 5.87. The second-order valence-electron chi connectivity index (χ2n) is 8.02. The van der Waals surface area contributed by atoms with Gasteiger partial charge in [-0.15, -0.1) is 10.2 Å². The molecule has 1 aromatic heterocycles. The number of rotatable bonds is 6. The maximum absolute atomic E-state index is 13.0. The molecule has 1 heterocycles. The van der Waals surface area contributed by atoms with Crippen molar-refractivity contribution in [2.24, 2.45) is 0 Å². The van der Waals surface area contributed by atoms with Gasteiger partial charge in [0.25, 0.3) is 0 Å². The van der Waals surface area contributed by atoms with Gasteiger partial charge in [0.05, 0.1) is 27.7 Å². The highest BCUT2D eigenvalue weighted by Crippen LogP contribution is 2.36. The minimum Gasteiger partial charge on any atom is -0.324 e. The fourth-order valence-electron chi connectivity index (χ4n) is 3.97. The molecule has 0 saturated heterocycles. The largest absolute Gasteiger partial charge is 0.416 e. The van der Waals surface area contributed by atoms with Crippen LogP contribution in [0.25, 0.3) is 5.69 Å². The zero-order valence-electron chi connectivity index (χ0n) is 17.9. The fourth-order valence-corrected chi connectivity index (χ4v) is 5.08. The third-order valence-corrected chi connectivity index (χ3v) is 7.09. The van der Waals surface area contributed by atoms with Gasteiger partial charge in [0.2, 0.25) is 5.91 Å². The van der Waals surface area contributed by atoms with Crippen LogP contribution in [0, 0.1) is 0 Å². The highest BCUT2D eigenvalue weighted by Gasteiger charge is 2.31. The Morgan fingerprint density at radius 3 is 2.56 bits per heavy atom. The fraction of sp³-hybridized carbons (Fsp3) is 0.348. The van der Waals surface area contributed by atoms with Gasteiger partial charge in [-0.05, 0) is 49.2 Å². The number of hydrogen-bond donors (Lipinski definition) is 1. The molecule has 0 unspecified atom stereocenters. The number of nitrogens with zero attached hydrogens (tertiary/aromatic N) is 3. The van der Waals surface area contributed by atoms with Gasteiger partial charge in [0.15, 0.2) is 5.16 Å². The summed E-state index contributed by atoms with van der Waals surface area (Å²) in [6.07, 6.45) is 0.921. The second-order valence-corrected chi connectivity index (χ2v) is 9.81. The molecule has 0 radical (unpaired) electrons. The van der Waals surface area contributed by atoms with Gasteiger partial charge >= 0.3 is 6.18 Å². The predicted octanol–water partition coefficient (Wildman–Crippen LogP) is 7.37. The Morgan fingerprint density at radius 1 is 1.09 bits per heavy atom. The number of hydrogen-bond acceptors (Lipinski definition) is 4. The van der Waals surface area contributed by atoms with Crippen LogP contribution < -0.4 is 5.32 Å². The standard InChI is InChI=1S/C23H21Cl2F3N4OS/c24-16-7-4-8-17(12-16)32-21(14-5-2-1-3-6-14)30-31-22(32)34-13-20(33)29-19-11-15(23(26,27)28)9-10-18(19)25/h4,7-12,14H,1-3,5-6,13H2,(H,29,33). The molecule has 1 aliphatic rings. The minimum atomic E-state index is -4.54. The van der Waals surface area contributed by atoms with Gasteiger partial charge < -0.3 is 5.32 Å². The van der Waals surface area contributed by atoms with E-state index in [0.717, 1.165) is 67.2 Å². The zero-order valence-corrected chi connectivity index (χ0v) is 20.2. The summed E-state index contributed by atoms with van der Waals surface area (Å²) in [4.78, 5) is 12.6. The summed E-state index contributed by atoms with van der Waals surface area (Å²) in [6, 6.07) is 10.1. The first kappa shape index (κ1) is 24.9. The molecule has 1 N–H and O–H groups in total. The molecule has 0 aliphatic heterocycles. The maximum atomic E-state index is 13.0. The van der Waals surface area contributed by atoms with Crippen molar-refractivity contribution in [2.75, 3.05) is 11.1 Å².